The Morgan fingerprint density at radius 3 is 2.57 bits per heavy atom. The summed E-state index contributed by atoms with van der Waals surface area (Å²) >= 11 is 11.9. The average Bonchev–Trinajstić information content (AvgIpc) is 2.85. The van der Waals surface area contributed by atoms with Gasteiger partial charge in [-0.1, -0.05) is 29.3 Å². The van der Waals surface area contributed by atoms with Crippen LogP contribution in [0.15, 0.2) is 24.3 Å². The summed E-state index contributed by atoms with van der Waals surface area (Å²) in [6.45, 7) is 4.30. The Kier molecular flexibility index (Phi) is 4.75. The Morgan fingerprint density at radius 1 is 1.33 bits per heavy atom. The van der Waals surface area contributed by atoms with E-state index < -0.39 is 0 Å². The van der Waals surface area contributed by atoms with Crippen molar-refractivity contribution < 1.29 is 4.79 Å². The number of carbonyl (C=O) groups is 1. The molecule has 7 heteroatoms. The summed E-state index contributed by atoms with van der Waals surface area (Å²) in [4.78, 5) is 14.2. The molecule has 0 saturated heterocycles. The SMILES string of the molecule is CC(C)N(Cc1ccc(Cl)c(Cl)c1)C(=O)c1cc(N)n[nH]1. The summed E-state index contributed by atoms with van der Waals surface area (Å²) in [7, 11) is 0. The van der Waals surface area contributed by atoms with Gasteiger partial charge in [0.1, 0.15) is 11.5 Å². The fraction of sp³-hybridized carbons (Fsp3) is 0.286. The van der Waals surface area contributed by atoms with Gasteiger partial charge in [0, 0.05) is 18.7 Å². The van der Waals surface area contributed by atoms with Crippen LogP contribution in [-0.4, -0.2) is 27.0 Å². The summed E-state index contributed by atoms with van der Waals surface area (Å²) in [5.41, 5.74) is 6.80. The molecule has 0 aliphatic heterocycles. The number of nitrogens with one attached hydrogen (secondary N) is 1. The van der Waals surface area contributed by atoms with Gasteiger partial charge < -0.3 is 10.6 Å². The number of aromatic amines is 1. The van der Waals surface area contributed by atoms with Crippen LogP contribution in [0.4, 0.5) is 5.82 Å². The molecule has 21 heavy (non-hydrogen) atoms. The number of aromatic nitrogens is 2. The lowest BCUT2D eigenvalue weighted by molar-refractivity contribution is 0.0684. The number of hydrogen-bond donors (Lipinski definition) is 2. The van der Waals surface area contributed by atoms with Gasteiger partial charge >= 0.3 is 0 Å². The molecular weight excluding hydrogens is 311 g/mol. The maximum Gasteiger partial charge on any atom is 0.272 e. The van der Waals surface area contributed by atoms with E-state index in [0.717, 1.165) is 5.56 Å². The van der Waals surface area contributed by atoms with Crippen LogP contribution in [0.25, 0.3) is 0 Å². The van der Waals surface area contributed by atoms with Crippen molar-refractivity contribution in [1.29, 1.82) is 0 Å². The van der Waals surface area contributed by atoms with E-state index in [1.807, 2.05) is 19.9 Å². The second-order valence-electron chi connectivity index (χ2n) is 4.98. The minimum atomic E-state index is -0.166. The number of carbonyl (C=O) groups excluding carboxylic acids is 1. The third kappa shape index (κ3) is 3.68. The fourth-order valence-electron chi connectivity index (χ4n) is 1.93. The van der Waals surface area contributed by atoms with E-state index in [-0.39, 0.29) is 17.8 Å². The monoisotopic (exact) mass is 326 g/mol. The molecule has 0 saturated carbocycles. The molecule has 0 unspecified atom stereocenters. The molecule has 0 radical (unpaired) electrons. The van der Waals surface area contributed by atoms with Crippen LogP contribution in [-0.2, 0) is 6.54 Å². The normalized spacial score (nSPS) is 10.9. The first-order chi connectivity index (χ1) is 9.88. The van der Waals surface area contributed by atoms with Gasteiger partial charge in [-0.2, -0.15) is 5.10 Å². The Balaban J connectivity index is 2.23. The highest BCUT2D eigenvalue weighted by molar-refractivity contribution is 6.42. The van der Waals surface area contributed by atoms with Crippen LogP contribution >= 0.6 is 23.2 Å². The van der Waals surface area contributed by atoms with Gasteiger partial charge in [-0.15, -0.1) is 0 Å². The molecule has 0 aliphatic carbocycles. The topological polar surface area (TPSA) is 75.0 Å². The first kappa shape index (κ1) is 15.7. The lowest BCUT2D eigenvalue weighted by Crippen LogP contribution is -2.36. The van der Waals surface area contributed by atoms with Crippen LogP contribution in [0.1, 0.15) is 29.9 Å². The Morgan fingerprint density at radius 2 is 2.05 bits per heavy atom. The maximum atomic E-state index is 12.5. The molecule has 0 atom stereocenters. The van der Waals surface area contributed by atoms with Crippen molar-refractivity contribution in [2.45, 2.75) is 26.4 Å². The van der Waals surface area contributed by atoms with Crippen LogP contribution in [0.3, 0.4) is 0 Å². The number of nitrogens with two attached hydrogens (primary N) is 1. The van der Waals surface area contributed by atoms with Gasteiger partial charge in [0.05, 0.1) is 10.0 Å². The molecule has 1 amide bonds. The van der Waals surface area contributed by atoms with Gasteiger partial charge in [0.15, 0.2) is 0 Å². The second-order valence-corrected chi connectivity index (χ2v) is 5.80. The van der Waals surface area contributed by atoms with Crippen molar-refractivity contribution in [2.24, 2.45) is 0 Å². The molecule has 3 N–H and O–H groups in total. The summed E-state index contributed by atoms with van der Waals surface area (Å²) in [6.07, 6.45) is 0. The van der Waals surface area contributed by atoms with E-state index in [1.165, 1.54) is 6.07 Å². The first-order valence-electron chi connectivity index (χ1n) is 6.44. The number of anilines is 1. The molecule has 0 spiro atoms. The Bertz CT molecular complexity index is 654. The molecule has 112 valence electrons. The predicted octanol–water partition coefficient (Wildman–Crippen LogP) is 3.35. The van der Waals surface area contributed by atoms with E-state index >= 15 is 0 Å². The van der Waals surface area contributed by atoms with Crippen LogP contribution in [0.2, 0.25) is 10.0 Å². The molecule has 1 aromatic heterocycles. The predicted molar refractivity (Wildman–Crippen MR) is 84.5 cm³/mol. The molecular formula is C14H16Cl2N4O. The third-order valence-corrected chi connectivity index (χ3v) is 3.79. The van der Waals surface area contributed by atoms with E-state index in [2.05, 4.69) is 10.2 Å². The minimum Gasteiger partial charge on any atom is -0.382 e. The van der Waals surface area contributed by atoms with Crippen LogP contribution in [0.5, 0.6) is 0 Å². The zero-order valence-electron chi connectivity index (χ0n) is 11.7. The molecule has 0 fully saturated rings. The number of nitrogen functional groups attached to an aromatic ring is 1. The first-order valence-corrected chi connectivity index (χ1v) is 7.20. The molecule has 2 aromatic rings. The summed E-state index contributed by atoms with van der Waals surface area (Å²) in [6, 6.07) is 6.85. The molecule has 1 heterocycles. The lowest BCUT2D eigenvalue weighted by Gasteiger charge is -2.26. The quantitative estimate of drug-likeness (QED) is 0.904. The zero-order valence-corrected chi connectivity index (χ0v) is 13.2. The van der Waals surface area contributed by atoms with Crippen molar-refractivity contribution >= 4 is 34.9 Å². The average molecular weight is 327 g/mol. The Labute approximate surface area is 133 Å². The van der Waals surface area contributed by atoms with Crippen molar-refractivity contribution in [2.75, 3.05) is 5.73 Å². The maximum absolute atomic E-state index is 12.5. The van der Waals surface area contributed by atoms with E-state index in [4.69, 9.17) is 28.9 Å². The highest BCUT2D eigenvalue weighted by Crippen LogP contribution is 2.24. The van der Waals surface area contributed by atoms with Gasteiger partial charge in [0.2, 0.25) is 0 Å². The number of benzene rings is 1. The molecule has 0 bridgehead atoms. The minimum absolute atomic E-state index is 0.0106. The fourth-order valence-corrected chi connectivity index (χ4v) is 2.25. The number of nitrogens with zero attached hydrogens (tertiary/aromatic N) is 2. The van der Waals surface area contributed by atoms with Crippen LogP contribution < -0.4 is 5.73 Å². The van der Waals surface area contributed by atoms with Gasteiger partial charge in [0.25, 0.3) is 5.91 Å². The second kappa shape index (κ2) is 6.37. The molecule has 1 aromatic carbocycles. The van der Waals surface area contributed by atoms with Crippen molar-refractivity contribution in [3.63, 3.8) is 0 Å². The molecule has 2 rings (SSSR count). The highest BCUT2D eigenvalue weighted by Gasteiger charge is 2.21. The third-order valence-electron chi connectivity index (χ3n) is 3.05. The highest BCUT2D eigenvalue weighted by atomic mass is 35.5. The summed E-state index contributed by atoms with van der Waals surface area (Å²) in [5.74, 6) is 0.122. The standard InChI is InChI=1S/C14H16Cl2N4O/c1-8(2)20(14(21)12-6-13(17)19-18-12)7-9-3-4-10(15)11(16)5-9/h3-6,8H,7H2,1-2H3,(H3,17,18,19). The Hall–Kier alpha value is -1.72. The number of halogens is 2. The molecule has 5 nitrogen and oxygen atoms in total. The van der Waals surface area contributed by atoms with Crippen molar-refractivity contribution in [1.82, 2.24) is 15.1 Å². The van der Waals surface area contributed by atoms with Crippen molar-refractivity contribution in [3.8, 4) is 0 Å². The smallest absolute Gasteiger partial charge is 0.272 e. The number of rotatable bonds is 4. The zero-order chi connectivity index (χ0) is 15.6. The number of hydrogen-bond acceptors (Lipinski definition) is 3. The van der Waals surface area contributed by atoms with Gasteiger partial charge in [-0.25, -0.2) is 0 Å². The van der Waals surface area contributed by atoms with E-state index in [1.54, 1.807) is 17.0 Å². The molecule has 0 aliphatic rings. The van der Waals surface area contributed by atoms with Crippen LogP contribution in [0, 0.1) is 0 Å². The number of amides is 1. The van der Waals surface area contributed by atoms with E-state index in [9.17, 15) is 4.79 Å². The summed E-state index contributed by atoms with van der Waals surface area (Å²) in [5, 5.41) is 7.37. The largest absolute Gasteiger partial charge is 0.382 e. The summed E-state index contributed by atoms with van der Waals surface area (Å²) < 4.78 is 0. The van der Waals surface area contributed by atoms with Gasteiger partial charge in [-0.3, -0.25) is 9.89 Å². The number of H-pyrrole nitrogens is 1. The van der Waals surface area contributed by atoms with Gasteiger partial charge in [-0.05, 0) is 31.5 Å². The van der Waals surface area contributed by atoms with E-state index in [0.29, 0.717) is 22.3 Å². The van der Waals surface area contributed by atoms with Crippen molar-refractivity contribution in [3.05, 3.63) is 45.6 Å². The lowest BCUT2D eigenvalue weighted by atomic mass is 10.1.